The van der Waals surface area contributed by atoms with Gasteiger partial charge in [0.2, 0.25) is 0 Å². The van der Waals surface area contributed by atoms with E-state index in [-0.39, 0.29) is 11.9 Å². The number of fused-ring (bicyclic) bond motifs is 1. The number of halogens is 1. The smallest absolute Gasteiger partial charge is 0.330 e. The zero-order chi connectivity index (χ0) is 20.2. The Hall–Kier alpha value is -2.99. The standard InChI is InChI=1S/C23H24FN3O2/c1-29-23(28)10-8-17-7-9-19(20(24)15-17)22-6-4-12-26(22)14-11-18-16-25-27-13-3-2-5-21(18)27/h2-3,5,7-10,13,15-16,22H,4,6,11-12,14H2,1H3/t22-/m0/s1. The maximum absolute atomic E-state index is 14.8. The summed E-state index contributed by atoms with van der Waals surface area (Å²) in [6.07, 6.45) is 9.62. The van der Waals surface area contributed by atoms with E-state index in [1.54, 1.807) is 6.08 Å². The summed E-state index contributed by atoms with van der Waals surface area (Å²) < 4.78 is 21.3. The van der Waals surface area contributed by atoms with E-state index in [1.165, 1.54) is 24.8 Å². The molecule has 0 aliphatic carbocycles. The van der Waals surface area contributed by atoms with Gasteiger partial charge in [0.25, 0.3) is 0 Å². The van der Waals surface area contributed by atoms with Gasteiger partial charge in [0, 0.05) is 30.4 Å². The molecule has 1 aliphatic rings. The molecule has 4 rings (SSSR count). The minimum Gasteiger partial charge on any atom is -0.466 e. The van der Waals surface area contributed by atoms with Crippen molar-refractivity contribution in [2.45, 2.75) is 25.3 Å². The van der Waals surface area contributed by atoms with Crippen LogP contribution in [0.5, 0.6) is 0 Å². The lowest BCUT2D eigenvalue weighted by Gasteiger charge is -2.25. The molecule has 0 N–H and O–H groups in total. The van der Waals surface area contributed by atoms with Crippen LogP contribution < -0.4 is 0 Å². The molecular formula is C23H24FN3O2. The number of nitrogens with zero attached hydrogens (tertiary/aromatic N) is 3. The van der Waals surface area contributed by atoms with Crippen LogP contribution in [0.3, 0.4) is 0 Å². The van der Waals surface area contributed by atoms with Crippen molar-refractivity contribution in [1.82, 2.24) is 14.5 Å². The molecule has 0 bridgehead atoms. The molecule has 0 saturated carbocycles. The minimum atomic E-state index is -0.454. The van der Waals surface area contributed by atoms with Crippen LogP contribution in [-0.2, 0) is 16.0 Å². The van der Waals surface area contributed by atoms with Crippen LogP contribution in [0.2, 0.25) is 0 Å². The number of ether oxygens (including phenoxy) is 1. The summed E-state index contributed by atoms with van der Waals surface area (Å²) in [4.78, 5) is 13.6. The van der Waals surface area contributed by atoms with Crippen LogP contribution in [0.1, 0.15) is 35.6 Å². The predicted molar refractivity (Wildman–Crippen MR) is 110 cm³/mol. The Morgan fingerprint density at radius 2 is 2.24 bits per heavy atom. The van der Waals surface area contributed by atoms with Gasteiger partial charge in [0.15, 0.2) is 0 Å². The van der Waals surface area contributed by atoms with Gasteiger partial charge in [-0.15, -0.1) is 0 Å². The Morgan fingerprint density at radius 3 is 3.07 bits per heavy atom. The van der Waals surface area contributed by atoms with Crippen LogP contribution in [-0.4, -0.2) is 40.7 Å². The summed E-state index contributed by atoms with van der Waals surface area (Å²) >= 11 is 0. The first-order valence-corrected chi connectivity index (χ1v) is 9.86. The number of pyridine rings is 1. The number of esters is 1. The lowest BCUT2D eigenvalue weighted by atomic mass is 10.0. The molecule has 1 fully saturated rings. The van der Waals surface area contributed by atoms with Crippen molar-refractivity contribution in [2.24, 2.45) is 0 Å². The van der Waals surface area contributed by atoms with Crippen LogP contribution >= 0.6 is 0 Å². The molecule has 0 radical (unpaired) electrons. The monoisotopic (exact) mass is 393 g/mol. The van der Waals surface area contributed by atoms with Gasteiger partial charge in [0.05, 0.1) is 18.8 Å². The number of rotatable bonds is 6. The third-order valence-corrected chi connectivity index (χ3v) is 5.53. The van der Waals surface area contributed by atoms with Gasteiger partial charge in [-0.25, -0.2) is 13.7 Å². The molecule has 6 heteroatoms. The third-order valence-electron chi connectivity index (χ3n) is 5.53. The normalized spacial score (nSPS) is 17.4. The molecular weight excluding hydrogens is 369 g/mol. The van der Waals surface area contributed by atoms with Crippen molar-refractivity contribution in [3.8, 4) is 0 Å². The number of aromatic nitrogens is 2. The van der Waals surface area contributed by atoms with E-state index in [1.807, 2.05) is 41.2 Å². The average molecular weight is 393 g/mol. The SMILES string of the molecule is COC(=O)C=Cc1ccc([C@@H]2CCCN2CCc2cnn3ccccc23)c(F)c1. The molecule has 2 aromatic heterocycles. The fraction of sp³-hybridized carbons (Fsp3) is 0.304. The van der Waals surface area contributed by atoms with Gasteiger partial charge >= 0.3 is 5.97 Å². The van der Waals surface area contributed by atoms with E-state index in [0.717, 1.165) is 43.4 Å². The molecule has 0 spiro atoms. The summed E-state index contributed by atoms with van der Waals surface area (Å²) in [6, 6.07) is 11.3. The molecule has 1 atom stereocenters. The molecule has 150 valence electrons. The largest absolute Gasteiger partial charge is 0.466 e. The second-order valence-corrected chi connectivity index (χ2v) is 7.28. The van der Waals surface area contributed by atoms with Gasteiger partial charge < -0.3 is 4.74 Å². The number of likely N-dealkylation sites (tertiary alicyclic amines) is 1. The summed E-state index contributed by atoms with van der Waals surface area (Å²) in [5.41, 5.74) is 3.70. The Morgan fingerprint density at radius 1 is 1.34 bits per heavy atom. The first-order valence-electron chi connectivity index (χ1n) is 9.86. The minimum absolute atomic E-state index is 0.0791. The second kappa shape index (κ2) is 8.57. The number of carbonyl (C=O) groups excluding carboxylic acids is 1. The van der Waals surface area contributed by atoms with Crippen LogP contribution in [0.4, 0.5) is 4.39 Å². The van der Waals surface area contributed by atoms with E-state index in [2.05, 4.69) is 20.8 Å². The summed E-state index contributed by atoms with van der Waals surface area (Å²) in [6.45, 7) is 1.83. The van der Waals surface area contributed by atoms with Gasteiger partial charge in [-0.2, -0.15) is 5.10 Å². The molecule has 3 heterocycles. The molecule has 1 saturated heterocycles. The topological polar surface area (TPSA) is 46.8 Å². The first kappa shape index (κ1) is 19.3. The summed E-state index contributed by atoms with van der Waals surface area (Å²) in [5, 5.41) is 4.40. The van der Waals surface area contributed by atoms with E-state index >= 15 is 0 Å². The fourth-order valence-corrected chi connectivity index (χ4v) is 4.04. The van der Waals surface area contributed by atoms with Crippen molar-refractivity contribution in [2.75, 3.05) is 20.2 Å². The highest BCUT2D eigenvalue weighted by Gasteiger charge is 2.28. The predicted octanol–water partition coefficient (Wildman–Crippen LogP) is 4.04. The lowest BCUT2D eigenvalue weighted by Crippen LogP contribution is -2.26. The zero-order valence-corrected chi connectivity index (χ0v) is 16.4. The highest BCUT2D eigenvalue weighted by atomic mass is 19.1. The highest BCUT2D eigenvalue weighted by molar-refractivity contribution is 5.86. The van der Waals surface area contributed by atoms with Crippen molar-refractivity contribution in [1.29, 1.82) is 0 Å². The first-order chi connectivity index (χ1) is 14.2. The number of methoxy groups -OCH3 is 1. The van der Waals surface area contributed by atoms with Crippen LogP contribution in [0.25, 0.3) is 11.6 Å². The molecule has 0 unspecified atom stereocenters. The number of carbonyl (C=O) groups is 1. The van der Waals surface area contributed by atoms with Crippen molar-refractivity contribution in [3.05, 3.63) is 77.4 Å². The van der Waals surface area contributed by atoms with Gasteiger partial charge in [-0.3, -0.25) is 4.90 Å². The number of hydrogen-bond donors (Lipinski definition) is 0. The second-order valence-electron chi connectivity index (χ2n) is 7.28. The molecule has 1 aromatic carbocycles. The van der Waals surface area contributed by atoms with E-state index < -0.39 is 5.97 Å². The Bertz CT molecular complexity index is 1040. The van der Waals surface area contributed by atoms with Crippen molar-refractivity contribution < 1.29 is 13.9 Å². The lowest BCUT2D eigenvalue weighted by molar-refractivity contribution is -0.134. The van der Waals surface area contributed by atoms with E-state index in [9.17, 15) is 9.18 Å². The quantitative estimate of drug-likeness (QED) is 0.468. The molecule has 1 aliphatic heterocycles. The van der Waals surface area contributed by atoms with Crippen LogP contribution in [0, 0.1) is 5.82 Å². The number of hydrogen-bond acceptors (Lipinski definition) is 4. The average Bonchev–Trinajstić information content (AvgIpc) is 3.37. The Kier molecular flexibility index (Phi) is 5.71. The van der Waals surface area contributed by atoms with Crippen molar-refractivity contribution >= 4 is 17.6 Å². The van der Waals surface area contributed by atoms with Gasteiger partial charge in [-0.05, 0) is 61.2 Å². The third kappa shape index (κ3) is 4.22. The highest BCUT2D eigenvalue weighted by Crippen LogP contribution is 2.34. The molecule has 5 nitrogen and oxygen atoms in total. The van der Waals surface area contributed by atoms with Gasteiger partial charge in [-0.1, -0.05) is 18.2 Å². The molecule has 3 aromatic rings. The van der Waals surface area contributed by atoms with Gasteiger partial charge in [0.1, 0.15) is 5.82 Å². The Labute approximate surface area is 169 Å². The maximum atomic E-state index is 14.8. The summed E-state index contributed by atoms with van der Waals surface area (Å²) in [5.74, 6) is -0.686. The zero-order valence-electron chi connectivity index (χ0n) is 16.4. The Balaban J connectivity index is 1.46. The fourth-order valence-electron chi connectivity index (χ4n) is 4.04. The van der Waals surface area contributed by atoms with E-state index in [0.29, 0.717) is 5.56 Å². The maximum Gasteiger partial charge on any atom is 0.330 e. The molecule has 29 heavy (non-hydrogen) atoms. The summed E-state index contributed by atoms with van der Waals surface area (Å²) in [7, 11) is 1.32. The van der Waals surface area contributed by atoms with Crippen molar-refractivity contribution in [3.63, 3.8) is 0 Å². The van der Waals surface area contributed by atoms with E-state index in [4.69, 9.17) is 0 Å². The van der Waals surface area contributed by atoms with Crippen LogP contribution in [0.15, 0.2) is 54.9 Å². The number of benzene rings is 1. The molecule has 0 amide bonds.